The molecule has 3 aromatic rings. The van der Waals surface area contributed by atoms with Crippen LogP contribution < -0.4 is 5.32 Å². The number of fused-ring (bicyclic) bond motifs is 2. The van der Waals surface area contributed by atoms with Crippen molar-refractivity contribution >= 4 is 34.1 Å². The molecule has 1 amide bonds. The first-order valence-electron chi connectivity index (χ1n) is 9.93. The predicted octanol–water partition coefficient (Wildman–Crippen LogP) is 4.46. The van der Waals surface area contributed by atoms with Crippen LogP contribution in [-0.2, 0) is 22.4 Å². The van der Waals surface area contributed by atoms with Gasteiger partial charge in [-0.3, -0.25) is 9.78 Å². The molecule has 0 saturated heterocycles. The number of para-hydroxylation sites is 1. The molecule has 2 aromatic heterocycles. The molecular weight excluding hydrogens is 384 g/mol. The Labute approximate surface area is 174 Å². The number of aromatic nitrogens is 1. The first-order chi connectivity index (χ1) is 14.0. The van der Waals surface area contributed by atoms with E-state index in [0.29, 0.717) is 11.5 Å². The number of carbonyl (C=O) groups excluding carboxylic acids is 2. The van der Waals surface area contributed by atoms with Gasteiger partial charge >= 0.3 is 5.97 Å². The molecule has 2 heterocycles. The quantitative estimate of drug-likeness (QED) is 0.633. The number of benzene rings is 1. The molecule has 1 aromatic carbocycles. The van der Waals surface area contributed by atoms with E-state index in [1.54, 1.807) is 11.3 Å². The minimum Gasteiger partial charge on any atom is -0.452 e. The Bertz CT molecular complexity index is 1050. The maximum absolute atomic E-state index is 13.0. The summed E-state index contributed by atoms with van der Waals surface area (Å²) in [5, 5.41) is 5.64. The molecule has 0 saturated carbocycles. The van der Waals surface area contributed by atoms with Crippen molar-refractivity contribution in [3.8, 4) is 0 Å². The molecule has 29 heavy (non-hydrogen) atoms. The lowest BCUT2D eigenvalue weighted by molar-refractivity contribution is -0.124. The van der Waals surface area contributed by atoms with Gasteiger partial charge in [-0.2, -0.15) is 0 Å². The van der Waals surface area contributed by atoms with Gasteiger partial charge in [0.1, 0.15) is 0 Å². The number of hydrogen-bond acceptors (Lipinski definition) is 5. The monoisotopic (exact) mass is 408 g/mol. The molecule has 0 bridgehead atoms. The molecule has 2 atom stereocenters. The van der Waals surface area contributed by atoms with Crippen LogP contribution in [0.4, 0.5) is 0 Å². The molecule has 5 nitrogen and oxygen atoms in total. The number of hydrogen-bond donors (Lipinski definition) is 1. The van der Waals surface area contributed by atoms with Crippen LogP contribution in [0.5, 0.6) is 0 Å². The summed E-state index contributed by atoms with van der Waals surface area (Å²) >= 11 is 1.58. The lowest BCUT2D eigenvalue weighted by atomic mass is 9.84. The molecule has 1 aliphatic rings. The zero-order chi connectivity index (χ0) is 20.4. The van der Waals surface area contributed by atoms with E-state index in [9.17, 15) is 9.59 Å². The molecule has 4 rings (SSSR count). The van der Waals surface area contributed by atoms with E-state index < -0.39 is 5.97 Å². The Morgan fingerprint density at radius 3 is 2.90 bits per heavy atom. The number of esters is 1. The van der Waals surface area contributed by atoms with Gasteiger partial charge in [-0.1, -0.05) is 31.2 Å². The summed E-state index contributed by atoms with van der Waals surface area (Å²) in [6, 6.07) is 11.4. The lowest BCUT2D eigenvalue weighted by Crippen LogP contribution is -2.31. The van der Waals surface area contributed by atoms with E-state index in [4.69, 9.17) is 9.72 Å². The van der Waals surface area contributed by atoms with Crippen LogP contribution >= 0.6 is 11.3 Å². The second kappa shape index (κ2) is 8.33. The van der Waals surface area contributed by atoms with Gasteiger partial charge in [0.2, 0.25) is 0 Å². The van der Waals surface area contributed by atoms with E-state index in [-0.39, 0.29) is 18.6 Å². The Hall–Kier alpha value is -2.73. The van der Waals surface area contributed by atoms with Gasteiger partial charge in [0.15, 0.2) is 6.61 Å². The van der Waals surface area contributed by atoms with E-state index in [2.05, 4.69) is 12.2 Å². The first kappa shape index (κ1) is 19.6. The number of thiophene rings is 1. The van der Waals surface area contributed by atoms with Gasteiger partial charge in [0, 0.05) is 16.0 Å². The van der Waals surface area contributed by atoms with E-state index in [1.807, 2.05) is 48.7 Å². The number of nitrogens with zero attached hydrogens (tertiary/aromatic N) is 1. The fraction of sp³-hybridized carbons (Fsp3) is 0.348. The van der Waals surface area contributed by atoms with Crippen LogP contribution in [0, 0.1) is 5.92 Å². The summed E-state index contributed by atoms with van der Waals surface area (Å²) < 4.78 is 5.44. The standard InChI is InChI=1S/C23H24N2O3S/c1-14-9-10-19-17(12-14)22(16-6-3-4-7-18(16)25-19)23(27)28-13-21(26)24-15(2)20-8-5-11-29-20/h3-8,11,14-15H,9-10,12-13H2,1-2H3,(H,24,26)/t14-,15+/m1/s1. The molecule has 0 radical (unpaired) electrons. The second-order valence-electron chi connectivity index (χ2n) is 7.66. The molecule has 1 N–H and O–H groups in total. The van der Waals surface area contributed by atoms with E-state index in [1.165, 1.54) is 0 Å². The van der Waals surface area contributed by atoms with E-state index >= 15 is 0 Å². The largest absolute Gasteiger partial charge is 0.452 e. The molecular formula is C23H24N2O3S. The Morgan fingerprint density at radius 2 is 2.10 bits per heavy atom. The third-order valence-corrected chi connectivity index (χ3v) is 6.45. The van der Waals surface area contributed by atoms with Gasteiger partial charge in [-0.15, -0.1) is 11.3 Å². The highest BCUT2D eigenvalue weighted by Gasteiger charge is 2.26. The molecule has 150 valence electrons. The minimum absolute atomic E-state index is 0.114. The predicted molar refractivity (Wildman–Crippen MR) is 114 cm³/mol. The Morgan fingerprint density at radius 1 is 1.28 bits per heavy atom. The van der Waals surface area contributed by atoms with Gasteiger partial charge < -0.3 is 10.1 Å². The summed E-state index contributed by atoms with van der Waals surface area (Å²) in [5.41, 5.74) is 3.31. The molecule has 1 aliphatic carbocycles. The minimum atomic E-state index is -0.451. The number of ether oxygens (including phenoxy) is 1. The number of nitrogens with one attached hydrogen (secondary N) is 1. The van der Waals surface area contributed by atoms with Gasteiger partial charge in [0.05, 0.1) is 17.1 Å². The number of rotatable bonds is 5. The van der Waals surface area contributed by atoms with Crippen molar-refractivity contribution in [2.45, 2.75) is 39.2 Å². The second-order valence-corrected chi connectivity index (χ2v) is 8.64. The Balaban J connectivity index is 1.54. The van der Waals surface area contributed by atoms with Crippen molar-refractivity contribution in [1.29, 1.82) is 0 Å². The zero-order valence-electron chi connectivity index (χ0n) is 16.6. The number of pyridine rings is 1. The highest BCUT2D eigenvalue weighted by atomic mass is 32.1. The number of amides is 1. The van der Waals surface area contributed by atoms with Crippen molar-refractivity contribution in [1.82, 2.24) is 10.3 Å². The topological polar surface area (TPSA) is 68.3 Å². The summed E-state index contributed by atoms with van der Waals surface area (Å²) in [6.07, 6.45) is 2.73. The fourth-order valence-electron chi connectivity index (χ4n) is 3.89. The summed E-state index contributed by atoms with van der Waals surface area (Å²) in [7, 11) is 0. The maximum Gasteiger partial charge on any atom is 0.339 e. The molecule has 6 heteroatoms. The smallest absolute Gasteiger partial charge is 0.339 e. The van der Waals surface area contributed by atoms with Crippen molar-refractivity contribution in [2.24, 2.45) is 5.92 Å². The average molecular weight is 409 g/mol. The average Bonchev–Trinajstić information content (AvgIpc) is 3.25. The molecule has 0 spiro atoms. The van der Waals surface area contributed by atoms with E-state index in [0.717, 1.165) is 46.3 Å². The van der Waals surface area contributed by atoms with Crippen LogP contribution in [0.3, 0.4) is 0 Å². The van der Waals surface area contributed by atoms with Crippen molar-refractivity contribution in [2.75, 3.05) is 6.61 Å². The highest BCUT2D eigenvalue weighted by molar-refractivity contribution is 7.10. The van der Waals surface area contributed by atoms with Crippen molar-refractivity contribution in [3.63, 3.8) is 0 Å². The van der Waals surface area contributed by atoms with Crippen LogP contribution in [0.15, 0.2) is 41.8 Å². The fourth-order valence-corrected chi connectivity index (χ4v) is 4.63. The normalized spacial score (nSPS) is 16.8. The van der Waals surface area contributed by atoms with Gasteiger partial charge in [0.25, 0.3) is 5.91 Å². The summed E-state index contributed by atoms with van der Waals surface area (Å²) in [5.74, 6) is -0.264. The van der Waals surface area contributed by atoms with Crippen molar-refractivity contribution in [3.05, 3.63) is 63.5 Å². The van der Waals surface area contributed by atoms with Crippen LogP contribution in [0.2, 0.25) is 0 Å². The van der Waals surface area contributed by atoms with Crippen molar-refractivity contribution < 1.29 is 14.3 Å². The van der Waals surface area contributed by atoms with Crippen LogP contribution in [0.1, 0.15) is 52.8 Å². The first-order valence-corrected chi connectivity index (χ1v) is 10.8. The molecule has 0 unspecified atom stereocenters. The number of aryl methyl sites for hydroxylation is 1. The third-order valence-electron chi connectivity index (χ3n) is 5.39. The number of carbonyl (C=O) groups is 2. The SMILES string of the molecule is C[C@@H]1CCc2nc3ccccc3c(C(=O)OCC(=O)N[C@@H](C)c3cccs3)c2C1. The maximum atomic E-state index is 13.0. The Kier molecular flexibility index (Phi) is 5.62. The summed E-state index contributed by atoms with van der Waals surface area (Å²) in [4.78, 5) is 31.2. The van der Waals surface area contributed by atoms with Gasteiger partial charge in [-0.05, 0) is 55.2 Å². The van der Waals surface area contributed by atoms with Crippen LogP contribution in [0.25, 0.3) is 10.9 Å². The highest BCUT2D eigenvalue weighted by Crippen LogP contribution is 2.32. The molecule has 0 aliphatic heterocycles. The summed E-state index contributed by atoms with van der Waals surface area (Å²) in [6.45, 7) is 3.81. The third kappa shape index (κ3) is 4.17. The van der Waals surface area contributed by atoms with Crippen LogP contribution in [-0.4, -0.2) is 23.5 Å². The lowest BCUT2D eigenvalue weighted by Gasteiger charge is -2.24. The van der Waals surface area contributed by atoms with Gasteiger partial charge in [-0.25, -0.2) is 4.79 Å². The zero-order valence-corrected chi connectivity index (χ0v) is 17.4. The molecule has 0 fully saturated rings.